The Bertz CT molecular complexity index is 836. The van der Waals surface area contributed by atoms with E-state index in [0.717, 1.165) is 28.0 Å². The number of aromatic nitrogens is 3. The third kappa shape index (κ3) is 3.12. The lowest BCUT2D eigenvalue weighted by Crippen LogP contribution is -2.33. The van der Waals surface area contributed by atoms with E-state index in [9.17, 15) is 5.11 Å². The van der Waals surface area contributed by atoms with Crippen LogP contribution in [0.15, 0.2) is 42.9 Å². The molecule has 3 aromatic rings. The van der Waals surface area contributed by atoms with Gasteiger partial charge in [-0.2, -0.15) is 0 Å². The number of aromatic amines is 1. The minimum absolute atomic E-state index is 0.580. The topological polar surface area (TPSA) is 65.0 Å². The highest BCUT2D eigenvalue weighted by molar-refractivity contribution is 5.80. The second-order valence-corrected chi connectivity index (χ2v) is 6.90. The molecule has 0 saturated heterocycles. The van der Waals surface area contributed by atoms with Crippen molar-refractivity contribution in [2.24, 2.45) is 0 Å². The first kappa shape index (κ1) is 16.1. The standard InChI is InChI=1S/C20H24N4O/c1-24(15-6-3-2-4-7-15)18-10-9-14(12-22-18)19(25)17-13-23-20-16(17)8-5-11-21-20/h5,8-13,15,19,25H,2-4,6-7H2,1H3,(H,21,23). The number of nitrogens with zero attached hydrogens (tertiary/aromatic N) is 3. The summed E-state index contributed by atoms with van der Waals surface area (Å²) in [7, 11) is 2.12. The molecular weight excluding hydrogens is 312 g/mol. The van der Waals surface area contributed by atoms with Crippen molar-refractivity contribution in [2.45, 2.75) is 44.2 Å². The Kier molecular flexibility index (Phi) is 4.40. The van der Waals surface area contributed by atoms with Crippen molar-refractivity contribution in [3.8, 4) is 0 Å². The molecule has 2 N–H and O–H groups in total. The Morgan fingerprint density at radius 1 is 1.16 bits per heavy atom. The van der Waals surface area contributed by atoms with Crippen molar-refractivity contribution in [3.63, 3.8) is 0 Å². The van der Waals surface area contributed by atoms with E-state index in [2.05, 4.69) is 26.9 Å². The summed E-state index contributed by atoms with van der Waals surface area (Å²) in [6.45, 7) is 0. The van der Waals surface area contributed by atoms with E-state index >= 15 is 0 Å². The number of pyridine rings is 2. The summed E-state index contributed by atoms with van der Waals surface area (Å²) in [6, 6.07) is 8.42. The summed E-state index contributed by atoms with van der Waals surface area (Å²) in [5.41, 5.74) is 2.42. The highest BCUT2D eigenvalue weighted by atomic mass is 16.3. The number of aliphatic hydroxyl groups excluding tert-OH is 1. The van der Waals surface area contributed by atoms with Gasteiger partial charge in [-0.1, -0.05) is 25.3 Å². The normalized spacial score (nSPS) is 16.9. The van der Waals surface area contributed by atoms with E-state index in [0.29, 0.717) is 6.04 Å². The lowest BCUT2D eigenvalue weighted by molar-refractivity contribution is 0.221. The van der Waals surface area contributed by atoms with Crippen molar-refractivity contribution >= 4 is 16.9 Å². The van der Waals surface area contributed by atoms with Crippen molar-refractivity contribution in [1.82, 2.24) is 15.0 Å². The van der Waals surface area contributed by atoms with Gasteiger partial charge in [0.15, 0.2) is 0 Å². The second-order valence-electron chi connectivity index (χ2n) is 6.90. The van der Waals surface area contributed by atoms with Gasteiger partial charge in [0.2, 0.25) is 0 Å². The highest BCUT2D eigenvalue weighted by Gasteiger charge is 2.20. The lowest BCUT2D eigenvalue weighted by Gasteiger charge is -2.32. The molecule has 1 aliphatic carbocycles. The minimum atomic E-state index is -0.709. The maximum atomic E-state index is 10.8. The molecule has 130 valence electrons. The number of hydrogen-bond donors (Lipinski definition) is 2. The quantitative estimate of drug-likeness (QED) is 0.760. The zero-order chi connectivity index (χ0) is 17.2. The largest absolute Gasteiger partial charge is 0.384 e. The molecule has 0 radical (unpaired) electrons. The van der Waals surface area contributed by atoms with Gasteiger partial charge in [-0.3, -0.25) is 0 Å². The van der Waals surface area contributed by atoms with Crippen LogP contribution < -0.4 is 4.90 Å². The first-order valence-electron chi connectivity index (χ1n) is 9.03. The summed E-state index contributed by atoms with van der Waals surface area (Å²) in [5.74, 6) is 0.975. The molecule has 1 saturated carbocycles. The van der Waals surface area contributed by atoms with Gasteiger partial charge in [0.05, 0.1) is 0 Å². The maximum absolute atomic E-state index is 10.8. The van der Waals surface area contributed by atoms with Crippen LogP contribution in [0.2, 0.25) is 0 Å². The number of hydrogen-bond acceptors (Lipinski definition) is 4. The number of H-pyrrole nitrogens is 1. The Labute approximate surface area is 147 Å². The van der Waals surface area contributed by atoms with Crippen LogP contribution in [0, 0.1) is 0 Å². The van der Waals surface area contributed by atoms with Crippen LogP contribution in [0.4, 0.5) is 5.82 Å². The van der Waals surface area contributed by atoms with Gasteiger partial charge in [-0.05, 0) is 31.0 Å². The molecule has 5 nitrogen and oxygen atoms in total. The Morgan fingerprint density at radius 3 is 2.76 bits per heavy atom. The zero-order valence-corrected chi connectivity index (χ0v) is 14.5. The van der Waals surface area contributed by atoms with Crippen LogP contribution in [-0.4, -0.2) is 33.1 Å². The Morgan fingerprint density at radius 2 is 2.00 bits per heavy atom. The molecule has 0 spiro atoms. The van der Waals surface area contributed by atoms with Crippen molar-refractivity contribution < 1.29 is 5.11 Å². The molecule has 0 aliphatic heterocycles. The van der Waals surface area contributed by atoms with E-state index < -0.39 is 6.10 Å². The third-order valence-corrected chi connectivity index (χ3v) is 5.35. The molecule has 0 amide bonds. The van der Waals surface area contributed by atoms with Gasteiger partial charge in [0.1, 0.15) is 17.6 Å². The molecule has 4 rings (SSSR count). The van der Waals surface area contributed by atoms with Crippen LogP contribution in [-0.2, 0) is 0 Å². The SMILES string of the molecule is CN(c1ccc(C(O)c2c[nH]c3ncccc23)cn1)C1CCCCC1. The summed E-state index contributed by atoms with van der Waals surface area (Å²) in [5, 5.41) is 11.7. The minimum Gasteiger partial charge on any atom is -0.384 e. The van der Waals surface area contributed by atoms with Gasteiger partial charge >= 0.3 is 0 Å². The third-order valence-electron chi connectivity index (χ3n) is 5.35. The van der Waals surface area contributed by atoms with E-state index in [4.69, 9.17) is 0 Å². The molecular formula is C20H24N4O. The first-order valence-corrected chi connectivity index (χ1v) is 9.03. The molecule has 25 heavy (non-hydrogen) atoms. The van der Waals surface area contributed by atoms with Gasteiger partial charge in [0.25, 0.3) is 0 Å². The van der Waals surface area contributed by atoms with Gasteiger partial charge in [-0.15, -0.1) is 0 Å². The van der Waals surface area contributed by atoms with Crippen LogP contribution in [0.1, 0.15) is 49.3 Å². The zero-order valence-electron chi connectivity index (χ0n) is 14.5. The summed E-state index contributed by atoms with van der Waals surface area (Å²) < 4.78 is 0. The molecule has 1 aliphatic rings. The summed E-state index contributed by atoms with van der Waals surface area (Å²) >= 11 is 0. The van der Waals surface area contributed by atoms with Gasteiger partial charge in [-0.25, -0.2) is 9.97 Å². The average Bonchev–Trinajstić information content (AvgIpc) is 3.12. The molecule has 3 heterocycles. The predicted molar refractivity (Wildman–Crippen MR) is 99.7 cm³/mol. The van der Waals surface area contributed by atoms with E-state index in [1.165, 1.54) is 32.1 Å². The number of fused-ring (bicyclic) bond motifs is 1. The van der Waals surface area contributed by atoms with E-state index in [1.54, 1.807) is 12.4 Å². The molecule has 0 aromatic carbocycles. The fraction of sp³-hybridized carbons (Fsp3) is 0.400. The smallest absolute Gasteiger partial charge is 0.137 e. The fourth-order valence-corrected chi connectivity index (χ4v) is 3.81. The number of aliphatic hydroxyl groups is 1. The van der Waals surface area contributed by atoms with Crippen molar-refractivity contribution in [3.05, 3.63) is 54.0 Å². The van der Waals surface area contributed by atoms with Crippen molar-refractivity contribution in [1.29, 1.82) is 0 Å². The Balaban J connectivity index is 1.55. The average molecular weight is 336 g/mol. The highest BCUT2D eigenvalue weighted by Crippen LogP contribution is 2.29. The second kappa shape index (κ2) is 6.84. The van der Waals surface area contributed by atoms with Crippen LogP contribution in [0.25, 0.3) is 11.0 Å². The van der Waals surface area contributed by atoms with E-state index in [-0.39, 0.29) is 0 Å². The maximum Gasteiger partial charge on any atom is 0.137 e. The van der Waals surface area contributed by atoms with Crippen LogP contribution in [0.3, 0.4) is 0 Å². The van der Waals surface area contributed by atoms with Crippen LogP contribution in [0.5, 0.6) is 0 Å². The molecule has 1 atom stereocenters. The number of anilines is 1. The molecule has 1 unspecified atom stereocenters. The summed E-state index contributed by atoms with van der Waals surface area (Å²) in [6.07, 6.45) is 11.1. The molecule has 0 bridgehead atoms. The van der Waals surface area contributed by atoms with Crippen molar-refractivity contribution in [2.75, 3.05) is 11.9 Å². The molecule has 1 fully saturated rings. The number of rotatable bonds is 4. The lowest BCUT2D eigenvalue weighted by atomic mass is 9.94. The molecule has 5 heteroatoms. The monoisotopic (exact) mass is 336 g/mol. The van der Waals surface area contributed by atoms with Crippen LogP contribution >= 0.6 is 0 Å². The van der Waals surface area contributed by atoms with Gasteiger partial charge < -0.3 is 15.0 Å². The molecule has 3 aromatic heterocycles. The first-order chi connectivity index (χ1) is 12.2. The summed E-state index contributed by atoms with van der Waals surface area (Å²) in [4.78, 5) is 14.3. The Hall–Kier alpha value is -2.40. The fourth-order valence-electron chi connectivity index (χ4n) is 3.81. The predicted octanol–water partition coefficient (Wildman–Crippen LogP) is 3.81. The van der Waals surface area contributed by atoms with E-state index in [1.807, 2.05) is 30.5 Å². The van der Waals surface area contributed by atoms with Gasteiger partial charge in [0, 0.05) is 48.2 Å². The number of nitrogens with one attached hydrogen (secondary N) is 1.